The number of rotatable bonds is 3. The van der Waals surface area contributed by atoms with Crippen LogP contribution in [0, 0.1) is 0 Å². The first-order chi connectivity index (χ1) is 7.24. The summed E-state index contributed by atoms with van der Waals surface area (Å²) in [5.41, 5.74) is 1.30. The summed E-state index contributed by atoms with van der Waals surface area (Å²) in [6.45, 7) is 1.63. The Bertz CT molecular complexity index is 343. The molecule has 1 unspecified atom stereocenters. The topological polar surface area (TPSA) is 41.1 Å². The number of hydrogen-bond donors (Lipinski definition) is 2. The van der Waals surface area contributed by atoms with E-state index in [2.05, 4.69) is 38.0 Å². The number of amides is 1. The van der Waals surface area contributed by atoms with Crippen molar-refractivity contribution in [2.24, 2.45) is 0 Å². The smallest absolute Gasteiger partial charge is 0.220 e. The van der Waals surface area contributed by atoms with Gasteiger partial charge in [0, 0.05) is 25.6 Å². The first-order valence-corrected chi connectivity index (χ1v) is 6.64. The normalized spacial score (nSPS) is 21.4. The van der Waals surface area contributed by atoms with Gasteiger partial charge >= 0.3 is 0 Å². The number of nitrogens with one attached hydrogen (secondary N) is 2. The lowest BCUT2D eigenvalue weighted by Gasteiger charge is -2.23. The molecule has 0 saturated carbocycles. The van der Waals surface area contributed by atoms with Gasteiger partial charge in [-0.05, 0) is 39.4 Å². The van der Waals surface area contributed by atoms with E-state index in [0.717, 1.165) is 23.3 Å². The molecule has 0 spiro atoms. The van der Waals surface area contributed by atoms with Gasteiger partial charge < -0.3 is 10.6 Å². The Hall–Kier alpha value is -0.390. The number of carbonyl (C=O) groups excluding carboxylic acids is 1. The minimum atomic E-state index is 0.173. The van der Waals surface area contributed by atoms with Crippen molar-refractivity contribution in [3.8, 4) is 0 Å². The van der Waals surface area contributed by atoms with Gasteiger partial charge in [-0.25, -0.2) is 0 Å². The molecule has 2 heterocycles. The maximum absolute atomic E-state index is 10.9. The lowest BCUT2D eigenvalue weighted by Crippen LogP contribution is -2.45. The maximum Gasteiger partial charge on any atom is 0.220 e. The first kappa shape index (κ1) is 11.1. The molecule has 1 amide bonds. The zero-order chi connectivity index (χ0) is 10.7. The molecule has 15 heavy (non-hydrogen) atoms. The number of hydrogen-bond acceptors (Lipinski definition) is 3. The lowest BCUT2D eigenvalue weighted by molar-refractivity contribution is -0.122. The van der Waals surface area contributed by atoms with E-state index >= 15 is 0 Å². The molecule has 0 bridgehead atoms. The molecule has 1 atom stereocenters. The molecule has 0 aromatic carbocycles. The van der Waals surface area contributed by atoms with Crippen LogP contribution in [0.1, 0.15) is 18.4 Å². The molecule has 2 rings (SSSR count). The second-order valence-corrected chi connectivity index (χ2v) is 5.97. The highest BCUT2D eigenvalue weighted by Gasteiger charge is 2.16. The zero-order valence-corrected chi connectivity index (χ0v) is 10.7. The molecule has 82 valence electrons. The van der Waals surface area contributed by atoms with Crippen LogP contribution < -0.4 is 10.6 Å². The highest BCUT2D eigenvalue weighted by Crippen LogP contribution is 2.20. The summed E-state index contributed by atoms with van der Waals surface area (Å²) in [6, 6.07) is 2.54. The maximum atomic E-state index is 10.9. The third kappa shape index (κ3) is 3.29. The third-order valence-corrected chi connectivity index (χ3v) is 4.04. The van der Waals surface area contributed by atoms with Crippen LogP contribution in [0.3, 0.4) is 0 Å². The van der Waals surface area contributed by atoms with E-state index in [0.29, 0.717) is 12.5 Å². The molecule has 2 N–H and O–H groups in total. The predicted molar refractivity (Wildman–Crippen MR) is 64.9 cm³/mol. The van der Waals surface area contributed by atoms with Crippen LogP contribution in [0.15, 0.2) is 15.2 Å². The SMILES string of the molecule is O=C1CCC(NCc2csc(Br)c2)CN1. The van der Waals surface area contributed by atoms with Crippen LogP contribution in [-0.2, 0) is 11.3 Å². The lowest BCUT2D eigenvalue weighted by atomic mass is 10.1. The molecule has 0 aliphatic carbocycles. The van der Waals surface area contributed by atoms with E-state index in [-0.39, 0.29) is 5.91 Å². The Morgan fingerprint density at radius 1 is 1.67 bits per heavy atom. The highest BCUT2D eigenvalue weighted by atomic mass is 79.9. The van der Waals surface area contributed by atoms with E-state index in [4.69, 9.17) is 0 Å². The minimum Gasteiger partial charge on any atom is -0.355 e. The number of thiophene rings is 1. The molecule has 1 fully saturated rings. The quantitative estimate of drug-likeness (QED) is 0.892. The fourth-order valence-corrected chi connectivity index (χ4v) is 2.82. The molecule has 1 aromatic heterocycles. The van der Waals surface area contributed by atoms with Crippen molar-refractivity contribution in [1.82, 2.24) is 10.6 Å². The second kappa shape index (κ2) is 5.09. The summed E-state index contributed by atoms with van der Waals surface area (Å²) in [5.74, 6) is 0.173. The van der Waals surface area contributed by atoms with Crippen molar-refractivity contribution in [3.63, 3.8) is 0 Å². The van der Waals surface area contributed by atoms with Crippen LogP contribution in [-0.4, -0.2) is 18.5 Å². The van der Waals surface area contributed by atoms with Gasteiger partial charge in [0.25, 0.3) is 0 Å². The summed E-state index contributed by atoms with van der Waals surface area (Å²) in [7, 11) is 0. The van der Waals surface area contributed by atoms with Crippen molar-refractivity contribution >= 4 is 33.2 Å². The van der Waals surface area contributed by atoms with Crippen molar-refractivity contribution in [1.29, 1.82) is 0 Å². The summed E-state index contributed by atoms with van der Waals surface area (Å²) in [5, 5.41) is 8.45. The molecule has 3 nitrogen and oxygen atoms in total. The second-order valence-electron chi connectivity index (χ2n) is 3.68. The van der Waals surface area contributed by atoms with Crippen LogP contribution in [0.2, 0.25) is 0 Å². The van der Waals surface area contributed by atoms with Gasteiger partial charge in [0.1, 0.15) is 0 Å². The summed E-state index contributed by atoms with van der Waals surface area (Å²) >= 11 is 5.14. The molecule has 1 aromatic rings. The summed E-state index contributed by atoms with van der Waals surface area (Å²) in [4.78, 5) is 10.9. The fourth-order valence-electron chi connectivity index (χ4n) is 1.61. The highest BCUT2D eigenvalue weighted by molar-refractivity contribution is 9.11. The third-order valence-electron chi connectivity index (χ3n) is 2.48. The van der Waals surface area contributed by atoms with E-state index in [1.807, 2.05) is 0 Å². The van der Waals surface area contributed by atoms with Crippen molar-refractivity contribution in [2.75, 3.05) is 6.54 Å². The van der Waals surface area contributed by atoms with Crippen LogP contribution in [0.4, 0.5) is 0 Å². The van der Waals surface area contributed by atoms with Crippen LogP contribution >= 0.6 is 27.3 Å². The molecule has 1 saturated heterocycles. The average molecular weight is 289 g/mol. The average Bonchev–Trinajstić information content (AvgIpc) is 2.64. The number of piperidine rings is 1. The van der Waals surface area contributed by atoms with Crippen LogP contribution in [0.25, 0.3) is 0 Å². The monoisotopic (exact) mass is 288 g/mol. The van der Waals surface area contributed by atoms with E-state index in [1.54, 1.807) is 11.3 Å². The first-order valence-electron chi connectivity index (χ1n) is 4.97. The Morgan fingerprint density at radius 3 is 3.13 bits per heavy atom. The fraction of sp³-hybridized carbons (Fsp3) is 0.500. The van der Waals surface area contributed by atoms with Gasteiger partial charge in [0.05, 0.1) is 3.79 Å². The Labute approximate surface area is 101 Å². The summed E-state index contributed by atoms with van der Waals surface area (Å²) in [6.07, 6.45) is 1.59. The molecule has 1 aliphatic rings. The minimum absolute atomic E-state index is 0.173. The van der Waals surface area contributed by atoms with Crippen LogP contribution in [0.5, 0.6) is 0 Å². The van der Waals surface area contributed by atoms with Gasteiger partial charge in [0.15, 0.2) is 0 Å². The van der Waals surface area contributed by atoms with Crippen molar-refractivity contribution in [2.45, 2.75) is 25.4 Å². The Kier molecular flexibility index (Phi) is 3.77. The predicted octanol–water partition coefficient (Wildman–Crippen LogP) is 1.88. The number of carbonyl (C=O) groups is 1. The van der Waals surface area contributed by atoms with Gasteiger partial charge in [-0.1, -0.05) is 0 Å². The molecular formula is C10H13BrN2OS. The molecule has 1 aliphatic heterocycles. The van der Waals surface area contributed by atoms with E-state index in [9.17, 15) is 4.79 Å². The Morgan fingerprint density at radius 2 is 2.53 bits per heavy atom. The van der Waals surface area contributed by atoms with E-state index in [1.165, 1.54) is 5.56 Å². The van der Waals surface area contributed by atoms with Gasteiger partial charge in [-0.15, -0.1) is 11.3 Å². The standard InChI is InChI=1S/C10H13BrN2OS/c11-9-3-7(6-15-9)4-12-8-1-2-10(14)13-5-8/h3,6,8,12H,1-2,4-5H2,(H,13,14). The largest absolute Gasteiger partial charge is 0.355 e. The molecule has 0 radical (unpaired) electrons. The van der Waals surface area contributed by atoms with E-state index < -0.39 is 0 Å². The van der Waals surface area contributed by atoms with Gasteiger partial charge in [0.2, 0.25) is 5.91 Å². The zero-order valence-electron chi connectivity index (χ0n) is 8.25. The van der Waals surface area contributed by atoms with Gasteiger partial charge in [-0.2, -0.15) is 0 Å². The van der Waals surface area contributed by atoms with Gasteiger partial charge in [-0.3, -0.25) is 4.79 Å². The van der Waals surface area contributed by atoms with Crippen molar-refractivity contribution in [3.05, 3.63) is 20.8 Å². The number of halogens is 1. The summed E-state index contributed by atoms with van der Waals surface area (Å²) < 4.78 is 1.16. The molecular weight excluding hydrogens is 276 g/mol. The molecule has 5 heteroatoms. The Balaban J connectivity index is 1.76. The van der Waals surface area contributed by atoms with Crippen molar-refractivity contribution < 1.29 is 4.79 Å².